The maximum Gasteiger partial charge on any atom is 0.240 e. The molecule has 0 heterocycles. The maximum absolute atomic E-state index is 12.5. The van der Waals surface area contributed by atoms with Gasteiger partial charge in [0.2, 0.25) is 10.0 Å². The molecule has 2 N–H and O–H groups in total. The Bertz CT molecular complexity index is 832. The Morgan fingerprint density at radius 3 is 2.44 bits per heavy atom. The van der Waals surface area contributed by atoms with Crippen LogP contribution in [0.1, 0.15) is 35.6 Å². The summed E-state index contributed by atoms with van der Waals surface area (Å²) in [6.07, 6.45) is 5.34. The van der Waals surface area contributed by atoms with E-state index >= 15 is 0 Å². The number of aryl methyl sites for hydroxylation is 2. The van der Waals surface area contributed by atoms with Crippen LogP contribution in [0.2, 0.25) is 0 Å². The number of fused-ring (bicyclic) bond motifs is 1. The molecule has 0 fully saturated rings. The zero-order chi connectivity index (χ0) is 17.9. The summed E-state index contributed by atoms with van der Waals surface area (Å²) >= 11 is 1.62. The number of aliphatic hydroxyl groups excluding tert-OH is 1. The lowest BCUT2D eigenvalue weighted by atomic mass is 9.92. The van der Waals surface area contributed by atoms with Gasteiger partial charge in [0.1, 0.15) is 0 Å². The summed E-state index contributed by atoms with van der Waals surface area (Å²) in [5, 5.41) is 10.3. The second-order valence-corrected chi connectivity index (χ2v) is 8.93. The molecule has 6 heteroatoms. The molecular weight excluding hydrogens is 354 g/mol. The van der Waals surface area contributed by atoms with Crippen molar-refractivity contribution in [1.82, 2.24) is 4.72 Å². The smallest absolute Gasteiger partial charge is 0.240 e. The topological polar surface area (TPSA) is 66.4 Å². The molecule has 3 rings (SSSR count). The van der Waals surface area contributed by atoms with Crippen molar-refractivity contribution in [2.45, 2.75) is 41.6 Å². The van der Waals surface area contributed by atoms with Crippen molar-refractivity contribution in [1.29, 1.82) is 0 Å². The summed E-state index contributed by atoms with van der Waals surface area (Å²) in [6.45, 7) is -0.0436. The van der Waals surface area contributed by atoms with E-state index in [1.54, 1.807) is 23.9 Å². The van der Waals surface area contributed by atoms with E-state index in [1.165, 1.54) is 12.0 Å². The zero-order valence-corrected chi connectivity index (χ0v) is 15.9. The van der Waals surface area contributed by atoms with Gasteiger partial charge in [0.25, 0.3) is 0 Å². The van der Waals surface area contributed by atoms with E-state index < -0.39 is 16.1 Å². The second-order valence-electron chi connectivity index (χ2n) is 6.28. The third-order valence-corrected chi connectivity index (χ3v) is 6.76. The summed E-state index contributed by atoms with van der Waals surface area (Å²) < 4.78 is 27.6. The largest absolute Gasteiger partial charge is 0.387 e. The molecule has 0 aromatic heterocycles. The molecule has 0 spiro atoms. The molecular formula is C19H23NO3S2. The Morgan fingerprint density at radius 1 is 1.08 bits per heavy atom. The minimum atomic E-state index is -3.62. The average molecular weight is 378 g/mol. The van der Waals surface area contributed by atoms with Crippen LogP contribution in [0, 0.1) is 0 Å². The van der Waals surface area contributed by atoms with E-state index in [0.717, 1.165) is 29.7 Å². The molecule has 1 atom stereocenters. The summed E-state index contributed by atoms with van der Waals surface area (Å²) in [6, 6.07) is 12.8. The lowest BCUT2D eigenvalue weighted by Gasteiger charge is -2.17. The van der Waals surface area contributed by atoms with Gasteiger partial charge in [0, 0.05) is 11.4 Å². The fraction of sp³-hybridized carbons (Fsp3) is 0.368. The summed E-state index contributed by atoms with van der Waals surface area (Å²) in [5.74, 6) is 0. The fourth-order valence-electron chi connectivity index (χ4n) is 3.09. The zero-order valence-electron chi connectivity index (χ0n) is 14.2. The number of benzene rings is 2. The first-order valence-corrected chi connectivity index (χ1v) is 11.1. The number of hydrogen-bond acceptors (Lipinski definition) is 4. The average Bonchev–Trinajstić information content (AvgIpc) is 2.66. The van der Waals surface area contributed by atoms with Gasteiger partial charge in [-0.3, -0.25) is 0 Å². The highest BCUT2D eigenvalue weighted by Gasteiger charge is 2.19. The molecule has 1 aliphatic carbocycles. The Balaban J connectivity index is 1.68. The third-order valence-electron chi connectivity index (χ3n) is 4.60. The minimum Gasteiger partial charge on any atom is -0.387 e. The van der Waals surface area contributed by atoms with Crippen LogP contribution in [0.3, 0.4) is 0 Å². The number of nitrogens with one attached hydrogen (secondary N) is 1. The minimum absolute atomic E-state index is 0.0436. The highest BCUT2D eigenvalue weighted by molar-refractivity contribution is 7.98. The van der Waals surface area contributed by atoms with E-state index in [9.17, 15) is 13.5 Å². The van der Waals surface area contributed by atoms with Crippen molar-refractivity contribution in [3.8, 4) is 0 Å². The fourth-order valence-corrected chi connectivity index (χ4v) is 4.59. The van der Waals surface area contributed by atoms with Gasteiger partial charge in [-0.05, 0) is 72.9 Å². The molecule has 0 aliphatic heterocycles. The molecule has 2 aromatic carbocycles. The van der Waals surface area contributed by atoms with Gasteiger partial charge in [-0.1, -0.05) is 18.2 Å². The number of aliphatic hydroxyl groups is 1. The van der Waals surface area contributed by atoms with Gasteiger partial charge in [0.15, 0.2) is 0 Å². The number of hydrogen-bond donors (Lipinski definition) is 2. The highest BCUT2D eigenvalue weighted by atomic mass is 32.2. The van der Waals surface area contributed by atoms with E-state index in [4.69, 9.17) is 0 Å². The molecule has 0 saturated carbocycles. The van der Waals surface area contributed by atoms with Crippen molar-refractivity contribution < 1.29 is 13.5 Å². The molecule has 25 heavy (non-hydrogen) atoms. The first-order valence-electron chi connectivity index (χ1n) is 8.43. The predicted octanol–water partition coefficient (Wildman–Crippen LogP) is 3.30. The predicted molar refractivity (Wildman–Crippen MR) is 101 cm³/mol. The van der Waals surface area contributed by atoms with Crippen LogP contribution < -0.4 is 4.72 Å². The molecule has 0 bridgehead atoms. The Labute approximate surface area is 153 Å². The van der Waals surface area contributed by atoms with Crippen molar-refractivity contribution in [2.75, 3.05) is 12.8 Å². The van der Waals surface area contributed by atoms with Gasteiger partial charge in [-0.15, -0.1) is 11.8 Å². The van der Waals surface area contributed by atoms with Crippen LogP contribution in [0.25, 0.3) is 0 Å². The van der Waals surface area contributed by atoms with Crippen LogP contribution in [0.15, 0.2) is 52.3 Å². The molecule has 0 radical (unpaired) electrons. The normalized spacial score (nSPS) is 15.6. The molecule has 2 aromatic rings. The quantitative estimate of drug-likeness (QED) is 0.758. The standard InChI is InChI=1S/C19H23NO3S2/c1-24-17-9-6-15(7-10-17)19(21)13-20-25(22,23)18-11-8-14-4-2-3-5-16(14)12-18/h6-12,19-21H,2-5,13H2,1H3/t19-/m1/s1. The van der Waals surface area contributed by atoms with Gasteiger partial charge in [-0.2, -0.15) is 0 Å². The molecule has 0 saturated heterocycles. The molecule has 4 nitrogen and oxygen atoms in total. The van der Waals surface area contributed by atoms with E-state index in [1.807, 2.05) is 36.6 Å². The van der Waals surface area contributed by atoms with Crippen LogP contribution in [0.4, 0.5) is 0 Å². The van der Waals surface area contributed by atoms with Gasteiger partial charge in [0.05, 0.1) is 11.0 Å². The van der Waals surface area contributed by atoms with Crippen molar-refractivity contribution in [3.63, 3.8) is 0 Å². The van der Waals surface area contributed by atoms with Gasteiger partial charge in [-0.25, -0.2) is 13.1 Å². The molecule has 134 valence electrons. The number of rotatable bonds is 6. The van der Waals surface area contributed by atoms with Crippen LogP contribution in [-0.4, -0.2) is 26.3 Å². The Kier molecular flexibility index (Phi) is 5.84. The van der Waals surface area contributed by atoms with E-state index in [2.05, 4.69) is 4.72 Å². The number of thioether (sulfide) groups is 1. The molecule has 0 unspecified atom stereocenters. The summed E-state index contributed by atoms with van der Waals surface area (Å²) in [7, 11) is -3.62. The third kappa shape index (κ3) is 4.44. The summed E-state index contributed by atoms with van der Waals surface area (Å²) in [5.41, 5.74) is 3.08. The second kappa shape index (κ2) is 7.91. The SMILES string of the molecule is CSc1ccc([C@H](O)CNS(=O)(=O)c2ccc3c(c2)CCCC3)cc1. The Morgan fingerprint density at radius 2 is 1.76 bits per heavy atom. The Hall–Kier alpha value is -1.34. The summed E-state index contributed by atoms with van der Waals surface area (Å²) in [4.78, 5) is 1.38. The van der Waals surface area contributed by atoms with Gasteiger partial charge < -0.3 is 5.11 Å². The molecule has 0 amide bonds. The van der Waals surface area contributed by atoms with Gasteiger partial charge >= 0.3 is 0 Å². The van der Waals surface area contributed by atoms with Crippen LogP contribution in [-0.2, 0) is 22.9 Å². The monoisotopic (exact) mass is 377 g/mol. The highest BCUT2D eigenvalue weighted by Crippen LogP contribution is 2.24. The molecule has 1 aliphatic rings. The van der Waals surface area contributed by atoms with Crippen molar-refractivity contribution in [3.05, 3.63) is 59.2 Å². The van der Waals surface area contributed by atoms with E-state index in [-0.39, 0.29) is 11.4 Å². The lowest BCUT2D eigenvalue weighted by molar-refractivity contribution is 0.182. The number of sulfonamides is 1. The van der Waals surface area contributed by atoms with Crippen molar-refractivity contribution >= 4 is 21.8 Å². The lowest BCUT2D eigenvalue weighted by Crippen LogP contribution is -2.28. The first-order chi connectivity index (χ1) is 12.0. The van der Waals surface area contributed by atoms with E-state index in [0.29, 0.717) is 5.56 Å². The van der Waals surface area contributed by atoms with Crippen LogP contribution >= 0.6 is 11.8 Å². The maximum atomic E-state index is 12.5. The first kappa shape index (κ1) is 18.5. The van der Waals surface area contributed by atoms with Crippen molar-refractivity contribution in [2.24, 2.45) is 0 Å². The van der Waals surface area contributed by atoms with Crippen LogP contribution in [0.5, 0.6) is 0 Å².